The third-order valence-corrected chi connectivity index (χ3v) is 4.51. The Labute approximate surface area is 156 Å². The highest BCUT2D eigenvalue weighted by Gasteiger charge is 2.33. The number of methoxy groups -OCH3 is 1. The van der Waals surface area contributed by atoms with Crippen LogP contribution in [0.25, 0.3) is 5.82 Å². The van der Waals surface area contributed by atoms with Crippen LogP contribution in [0.1, 0.15) is 5.56 Å². The van der Waals surface area contributed by atoms with Gasteiger partial charge in [0, 0.05) is 31.3 Å². The topological polar surface area (TPSA) is 98.1 Å². The summed E-state index contributed by atoms with van der Waals surface area (Å²) >= 11 is 0. The van der Waals surface area contributed by atoms with Crippen LogP contribution in [-0.2, 0) is 11.3 Å². The van der Waals surface area contributed by atoms with Crippen molar-refractivity contribution in [3.8, 4) is 11.6 Å². The van der Waals surface area contributed by atoms with Crippen molar-refractivity contribution >= 4 is 11.7 Å². The van der Waals surface area contributed by atoms with E-state index in [1.807, 2.05) is 35.2 Å². The molecule has 0 atom stereocenters. The summed E-state index contributed by atoms with van der Waals surface area (Å²) < 4.78 is 6.88. The van der Waals surface area contributed by atoms with Crippen LogP contribution in [0, 0.1) is 5.92 Å². The highest BCUT2D eigenvalue weighted by atomic mass is 16.5. The van der Waals surface area contributed by atoms with E-state index in [0.717, 1.165) is 17.1 Å². The number of anilines is 1. The summed E-state index contributed by atoms with van der Waals surface area (Å²) in [5, 5.41) is 7.04. The van der Waals surface area contributed by atoms with Crippen molar-refractivity contribution in [2.75, 3.05) is 25.1 Å². The van der Waals surface area contributed by atoms with E-state index >= 15 is 0 Å². The Hall–Kier alpha value is -3.49. The molecule has 3 heterocycles. The second-order valence-corrected chi connectivity index (χ2v) is 6.21. The van der Waals surface area contributed by atoms with Crippen LogP contribution in [0.5, 0.6) is 5.75 Å². The van der Waals surface area contributed by atoms with Crippen LogP contribution >= 0.6 is 0 Å². The van der Waals surface area contributed by atoms with Gasteiger partial charge >= 0.3 is 0 Å². The van der Waals surface area contributed by atoms with Crippen molar-refractivity contribution in [1.82, 2.24) is 30.0 Å². The first kappa shape index (κ1) is 17.0. The molecule has 9 nitrogen and oxygen atoms in total. The summed E-state index contributed by atoms with van der Waals surface area (Å²) in [6, 6.07) is 9.49. The highest BCUT2D eigenvalue weighted by Crippen LogP contribution is 2.24. The summed E-state index contributed by atoms with van der Waals surface area (Å²) in [5.41, 5.74) is 0.956. The fourth-order valence-electron chi connectivity index (χ4n) is 2.97. The predicted octanol–water partition coefficient (Wildman–Crippen LogP) is 0.818. The molecule has 3 aromatic rings. The highest BCUT2D eigenvalue weighted by molar-refractivity contribution is 5.81. The molecule has 9 heteroatoms. The molecular formula is C18H19N7O2. The lowest BCUT2D eigenvalue weighted by molar-refractivity contribution is -0.125. The van der Waals surface area contributed by atoms with Crippen LogP contribution in [0.15, 0.2) is 49.3 Å². The van der Waals surface area contributed by atoms with Crippen LogP contribution in [0.3, 0.4) is 0 Å². The van der Waals surface area contributed by atoms with Crippen molar-refractivity contribution in [3.05, 3.63) is 54.9 Å². The lowest BCUT2D eigenvalue weighted by atomic mass is 9.99. The number of nitrogens with one attached hydrogen (secondary N) is 1. The van der Waals surface area contributed by atoms with E-state index in [2.05, 4.69) is 25.4 Å². The number of rotatable bonds is 6. The molecule has 1 amide bonds. The van der Waals surface area contributed by atoms with Crippen molar-refractivity contribution in [3.63, 3.8) is 0 Å². The van der Waals surface area contributed by atoms with E-state index in [0.29, 0.717) is 25.5 Å². The number of hydrogen-bond donors (Lipinski definition) is 1. The van der Waals surface area contributed by atoms with Crippen LogP contribution in [-0.4, -0.2) is 50.8 Å². The van der Waals surface area contributed by atoms with Gasteiger partial charge in [-0.3, -0.25) is 4.79 Å². The van der Waals surface area contributed by atoms with Crippen LogP contribution < -0.4 is 15.0 Å². The molecule has 1 aliphatic rings. The van der Waals surface area contributed by atoms with Gasteiger partial charge in [-0.2, -0.15) is 5.10 Å². The van der Waals surface area contributed by atoms with Gasteiger partial charge in [-0.15, -0.1) is 0 Å². The van der Waals surface area contributed by atoms with Crippen LogP contribution in [0.4, 0.5) is 5.82 Å². The fourth-order valence-corrected chi connectivity index (χ4v) is 2.97. The molecule has 1 N–H and O–H groups in total. The van der Waals surface area contributed by atoms with E-state index in [4.69, 9.17) is 4.74 Å². The van der Waals surface area contributed by atoms with Crippen LogP contribution in [0.2, 0.25) is 0 Å². The van der Waals surface area contributed by atoms with Crippen molar-refractivity contribution in [2.24, 2.45) is 5.92 Å². The Morgan fingerprint density at radius 1 is 1.22 bits per heavy atom. The second kappa shape index (κ2) is 7.40. The Balaban J connectivity index is 1.33. The Kier molecular flexibility index (Phi) is 4.65. The number of hydrogen-bond acceptors (Lipinski definition) is 7. The van der Waals surface area contributed by atoms with E-state index in [9.17, 15) is 4.79 Å². The van der Waals surface area contributed by atoms with E-state index < -0.39 is 0 Å². The monoisotopic (exact) mass is 365 g/mol. The van der Waals surface area contributed by atoms with Gasteiger partial charge < -0.3 is 15.0 Å². The Morgan fingerprint density at radius 3 is 2.81 bits per heavy atom. The molecule has 0 spiro atoms. The number of ether oxygens (including phenoxy) is 1. The number of aromatic nitrogens is 5. The van der Waals surface area contributed by atoms with Gasteiger partial charge in [-0.1, -0.05) is 18.2 Å². The van der Waals surface area contributed by atoms with Crippen molar-refractivity contribution in [2.45, 2.75) is 6.54 Å². The summed E-state index contributed by atoms with van der Waals surface area (Å²) in [5.74, 6) is 2.15. The molecule has 0 aliphatic carbocycles. The average molecular weight is 365 g/mol. The number of nitrogens with zero attached hydrogens (tertiary/aromatic N) is 6. The minimum absolute atomic E-state index is 0.0303. The van der Waals surface area contributed by atoms with Crippen molar-refractivity contribution < 1.29 is 9.53 Å². The third kappa shape index (κ3) is 3.57. The predicted molar refractivity (Wildman–Crippen MR) is 97.5 cm³/mol. The van der Waals surface area contributed by atoms with E-state index in [-0.39, 0.29) is 11.8 Å². The van der Waals surface area contributed by atoms with Gasteiger partial charge in [-0.25, -0.2) is 19.6 Å². The van der Waals surface area contributed by atoms with E-state index in [1.54, 1.807) is 18.1 Å². The second-order valence-electron chi connectivity index (χ2n) is 6.21. The molecule has 1 aromatic carbocycles. The molecule has 1 saturated heterocycles. The summed E-state index contributed by atoms with van der Waals surface area (Å²) in [4.78, 5) is 26.8. The number of amides is 1. The molecule has 27 heavy (non-hydrogen) atoms. The molecule has 138 valence electrons. The fraction of sp³-hybridized carbons (Fsp3) is 0.278. The third-order valence-electron chi connectivity index (χ3n) is 4.51. The SMILES string of the molecule is COc1ccccc1CNC(=O)C1CN(c2cc(-n3cncn3)ncn2)C1. The zero-order valence-corrected chi connectivity index (χ0v) is 14.8. The van der Waals surface area contributed by atoms with Gasteiger partial charge in [0.2, 0.25) is 5.91 Å². The number of carbonyl (C=O) groups excluding carboxylic acids is 1. The smallest absolute Gasteiger partial charge is 0.226 e. The molecule has 2 aromatic heterocycles. The molecule has 1 aliphatic heterocycles. The molecule has 0 unspecified atom stereocenters. The summed E-state index contributed by atoms with van der Waals surface area (Å²) in [7, 11) is 1.62. The van der Waals surface area contributed by atoms with E-state index in [1.165, 1.54) is 12.7 Å². The first-order valence-corrected chi connectivity index (χ1v) is 8.56. The molecule has 4 rings (SSSR count). The lowest BCUT2D eigenvalue weighted by Crippen LogP contribution is -2.54. The maximum absolute atomic E-state index is 12.4. The normalized spacial score (nSPS) is 13.9. The van der Waals surface area contributed by atoms with Crippen molar-refractivity contribution in [1.29, 1.82) is 0 Å². The minimum atomic E-state index is -0.0653. The summed E-state index contributed by atoms with van der Waals surface area (Å²) in [6.07, 6.45) is 4.52. The first-order chi connectivity index (χ1) is 13.2. The zero-order valence-electron chi connectivity index (χ0n) is 14.8. The maximum Gasteiger partial charge on any atom is 0.226 e. The first-order valence-electron chi connectivity index (χ1n) is 8.56. The average Bonchev–Trinajstić information content (AvgIpc) is 3.20. The van der Waals surface area contributed by atoms with Gasteiger partial charge in [0.1, 0.15) is 30.5 Å². The summed E-state index contributed by atoms with van der Waals surface area (Å²) in [6.45, 7) is 1.68. The quantitative estimate of drug-likeness (QED) is 0.690. The van der Waals surface area contributed by atoms with Gasteiger partial charge in [0.15, 0.2) is 5.82 Å². The zero-order chi connectivity index (χ0) is 18.6. The number of benzene rings is 1. The molecule has 0 bridgehead atoms. The Bertz CT molecular complexity index is 923. The molecule has 0 radical (unpaired) electrons. The lowest BCUT2D eigenvalue weighted by Gasteiger charge is -2.39. The van der Waals surface area contributed by atoms with Gasteiger partial charge in [-0.05, 0) is 6.07 Å². The molecular weight excluding hydrogens is 346 g/mol. The molecule has 0 saturated carbocycles. The molecule has 1 fully saturated rings. The van der Waals surface area contributed by atoms with Gasteiger partial charge in [0.25, 0.3) is 0 Å². The number of carbonyl (C=O) groups is 1. The Morgan fingerprint density at radius 2 is 2.04 bits per heavy atom. The largest absolute Gasteiger partial charge is 0.496 e. The number of para-hydroxylation sites is 1. The standard InChI is InChI=1S/C18H19N7O2/c1-27-15-5-3-2-4-13(15)7-20-18(26)14-8-24(9-14)16-6-17(22-11-21-16)25-12-19-10-23-25/h2-6,10-12,14H,7-9H2,1H3,(H,20,26). The minimum Gasteiger partial charge on any atom is -0.496 e. The van der Waals surface area contributed by atoms with Gasteiger partial charge in [0.05, 0.1) is 13.0 Å². The maximum atomic E-state index is 12.4.